The summed E-state index contributed by atoms with van der Waals surface area (Å²) in [5.74, 6) is 1.03. The summed E-state index contributed by atoms with van der Waals surface area (Å²) in [6, 6.07) is 13.1. The number of aliphatic imine (C=N–C) groups is 1. The highest BCUT2D eigenvalue weighted by Crippen LogP contribution is 2.35. The Kier molecular flexibility index (Phi) is 6.93. The van der Waals surface area contributed by atoms with Crippen molar-refractivity contribution in [2.45, 2.75) is 58.3 Å². The molecule has 0 spiro atoms. The Morgan fingerprint density at radius 3 is 2.88 bits per heavy atom. The van der Waals surface area contributed by atoms with Crippen LogP contribution in [0.2, 0.25) is 0 Å². The van der Waals surface area contributed by atoms with Crippen LogP contribution in [0.4, 0.5) is 5.69 Å². The van der Waals surface area contributed by atoms with Crippen LogP contribution in [-0.2, 0) is 22.7 Å². The number of aryl methyl sites for hydroxylation is 1. The lowest BCUT2D eigenvalue weighted by Crippen LogP contribution is -2.39. The summed E-state index contributed by atoms with van der Waals surface area (Å²) < 4.78 is 6.13. The Labute approximate surface area is 193 Å². The summed E-state index contributed by atoms with van der Waals surface area (Å²) in [6.07, 6.45) is 1.90. The van der Waals surface area contributed by atoms with E-state index in [2.05, 4.69) is 15.6 Å². The quantitative estimate of drug-likeness (QED) is 0.545. The van der Waals surface area contributed by atoms with E-state index in [-0.39, 0.29) is 24.5 Å². The number of fused-ring (bicyclic) bond motifs is 2. The van der Waals surface area contributed by atoms with Crippen molar-refractivity contribution in [2.75, 3.05) is 6.61 Å². The van der Waals surface area contributed by atoms with Crippen LogP contribution < -0.4 is 15.4 Å². The second-order valence-corrected chi connectivity index (χ2v) is 8.58. The molecule has 0 bridgehead atoms. The first-order valence-corrected chi connectivity index (χ1v) is 11.3. The molecular weight excluding hydrogens is 420 g/mol. The zero-order valence-corrected chi connectivity index (χ0v) is 19.0. The van der Waals surface area contributed by atoms with Crippen molar-refractivity contribution in [1.29, 1.82) is 0 Å². The fraction of sp³-hybridized carbons (Fsp3) is 0.400. The maximum Gasteiger partial charge on any atom is 0.251 e. The van der Waals surface area contributed by atoms with E-state index < -0.39 is 6.04 Å². The molecular formula is C25H30N4O4. The molecule has 2 aromatic rings. The van der Waals surface area contributed by atoms with Crippen molar-refractivity contribution < 1.29 is 19.4 Å². The summed E-state index contributed by atoms with van der Waals surface area (Å²) in [5, 5.41) is 15.2. The summed E-state index contributed by atoms with van der Waals surface area (Å²) >= 11 is 0. The number of aliphatic hydroxyl groups excluding tert-OH is 1. The van der Waals surface area contributed by atoms with E-state index >= 15 is 0 Å². The predicted molar refractivity (Wildman–Crippen MR) is 125 cm³/mol. The van der Waals surface area contributed by atoms with Gasteiger partial charge in [0.2, 0.25) is 11.9 Å². The fourth-order valence-electron chi connectivity index (χ4n) is 4.19. The highest BCUT2D eigenvalue weighted by atomic mass is 16.5. The zero-order valence-electron chi connectivity index (χ0n) is 19.0. The van der Waals surface area contributed by atoms with Gasteiger partial charge < -0.3 is 20.1 Å². The number of carbonyl (C=O) groups excluding carboxylic acids is 2. The minimum absolute atomic E-state index is 0.0385. The van der Waals surface area contributed by atoms with Crippen LogP contribution in [-0.4, -0.2) is 46.5 Å². The van der Waals surface area contributed by atoms with Gasteiger partial charge in [-0.1, -0.05) is 30.3 Å². The first kappa shape index (κ1) is 22.8. The minimum atomic E-state index is -0.617. The SMILES string of the molecule is Cc1cc(OC(C)CCCC(=O)NCc2ccccc2)cc2c1N=C1NC(=O)C(CO)N1C2. The van der Waals surface area contributed by atoms with E-state index in [1.807, 2.05) is 56.3 Å². The Balaban J connectivity index is 1.28. The topological polar surface area (TPSA) is 103 Å². The van der Waals surface area contributed by atoms with E-state index in [1.54, 1.807) is 4.90 Å². The Morgan fingerprint density at radius 2 is 2.12 bits per heavy atom. The molecule has 1 saturated heterocycles. The fourth-order valence-corrected chi connectivity index (χ4v) is 4.19. The zero-order chi connectivity index (χ0) is 23.4. The number of guanidine groups is 1. The molecule has 1 fully saturated rings. The van der Waals surface area contributed by atoms with Gasteiger partial charge in [0.05, 0.1) is 18.4 Å². The van der Waals surface area contributed by atoms with Crippen molar-refractivity contribution in [2.24, 2.45) is 4.99 Å². The van der Waals surface area contributed by atoms with Gasteiger partial charge in [-0.15, -0.1) is 0 Å². The average molecular weight is 451 g/mol. The molecule has 2 aliphatic heterocycles. The Morgan fingerprint density at radius 1 is 1.33 bits per heavy atom. The molecule has 3 N–H and O–H groups in total. The Bertz CT molecular complexity index is 1050. The Hall–Kier alpha value is -3.39. The molecule has 2 amide bonds. The summed E-state index contributed by atoms with van der Waals surface area (Å²) in [7, 11) is 0. The van der Waals surface area contributed by atoms with Gasteiger partial charge >= 0.3 is 0 Å². The normalized spacial score (nSPS) is 17.5. The molecule has 2 heterocycles. The van der Waals surface area contributed by atoms with Crippen LogP contribution >= 0.6 is 0 Å². The van der Waals surface area contributed by atoms with Crippen molar-refractivity contribution in [3.8, 4) is 5.75 Å². The first-order valence-electron chi connectivity index (χ1n) is 11.3. The molecule has 2 aliphatic rings. The second-order valence-electron chi connectivity index (χ2n) is 8.58. The molecule has 0 aromatic heterocycles. The van der Waals surface area contributed by atoms with Gasteiger partial charge in [0, 0.05) is 25.1 Å². The standard InChI is InChI=1S/C25H30N4O4/c1-16-11-20(12-19-14-29-21(15-30)24(32)28-25(29)27-23(16)19)33-17(2)7-6-10-22(31)26-13-18-8-4-3-5-9-18/h3-5,8-9,11-12,17,21,30H,6-7,10,13-15H2,1-2H3,(H,26,31)(H,27,28,32). The van der Waals surface area contributed by atoms with Crippen molar-refractivity contribution in [3.63, 3.8) is 0 Å². The van der Waals surface area contributed by atoms with Crippen LogP contribution in [0.1, 0.15) is 42.9 Å². The molecule has 4 rings (SSSR count). The second kappa shape index (κ2) is 10.0. The molecule has 2 unspecified atom stereocenters. The third-order valence-electron chi connectivity index (χ3n) is 5.95. The van der Waals surface area contributed by atoms with Crippen LogP contribution in [0.5, 0.6) is 5.75 Å². The number of hydrogen-bond acceptors (Lipinski definition) is 6. The molecule has 0 radical (unpaired) electrons. The van der Waals surface area contributed by atoms with Gasteiger partial charge in [-0.05, 0) is 49.9 Å². The smallest absolute Gasteiger partial charge is 0.251 e. The lowest BCUT2D eigenvalue weighted by molar-refractivity contribution is -0.123. The summed E-state index contributed by atoms with van der Waals surface area (Å²) in [6.45, 7) is 4.72. The maximum absolute atomic E-state index is 12.1. The molecule has 174 valence electrons. The highest BCUT2D eigenvalue weighted by Gasteiger charge is 2.39. The number of nitrogens with zero attached hydrogens (tertiary/aromatic N) is 2. The van der Waals surface area contributed by atoms with Crippen molar-refractivity contribution >= 4 is 23.5 Å². The van der Waals surface area contributed by atoms with Crippen LogP contribution in [0.3, 0.4) is 0 Å². The number of rotatable bonds is 9. The summed E-state index contributed by atoms with van der Waals surface area (Å²) in [4.78, 5) is 30.5. The third-order valence-corrected chi connectivity index (χ3v) is 5.95. The van der Waals surface area contributed by atoms with Crippen molar-refractivity contribution in [1.82, 2.24) is 15.5 Å². The van der Waals surface area contributed by atoms with Gasteiger partial charge in [0.25, 0.3) is 5.91 Å². The van der Waals surface area contributed by atoms with E-state index in [9.17, 15) is 14.7 Å². The molecule has 2 aromatic carbocycles. The minimum Gasteiger partial charge on any atom is -0.491 e. The summed E-state index contributed by atoms with van der Waals surface area (Å²) in [5.41, 5.74) is 3.83. The number of benzene rings is 2. The monoisotopic (exact) mass is 450 g/mol. The van der Waals surface area contributed by atoms with Gasteiger partial charge in [0.1, 0.15) is 11.8 Å². The maximum atomic E-state index is 12.1. The molecule has 33 heavy (non-hydrogen) atoms. The molecule has 8 heteroatoms. The van der Waals surface area contributed by atoms with E-state index in [4.69, 9.17) is 4.74 Å². The number of aliphatic hydroxyl groups is 1. The van der Waals surface area contributed by atoms with Crippen LogP contribution in [0.15, 0.2) is 47.5 Å². The van der Waals surface area contributed by atoms with Crippen LogP contribution in [0, 0.1) is 6.92 Å². The molecule has 0 aliphatic carbocycles. The lowest BCUT2D eigenvalue weighted by Gasteiger charge is -2.28. The largest absolute Gasteiger partial charge is 0.491 e. The molecule has 8 nitrogen and oxygen atoms in total. The number of nitrogens with one attached hydrogen (secondary N) is 2. The number of ether oxygens (including phenoxy) is 1. The van der Waals surface area contributed by atoms with Crippen molar-refractivity contribution in [3.05, 3.63) is 59.2 Å². The van der Waals surface area contributed by atoms with Gasteiger partial charge in [0.15, 0.2) is 0 Å². The predicted octanol–water partition coefficient (Wildman–Crippen LogP) is 2.54. The molecule has 2 atom stereocenters. The first-order chi connectivity index (χ1) is 15.9. The van der Waals surface area contributed by atoms with E-state index in [1.165, 1.54) is 0 Å². The van der Waals surface area contributed by atoms with E-state index in [0.29, 0.717) is 25.5 Å². The van der Waals surface area contributed by atoms with E-state index in [0.717, 1.165) is 41.0 Å². The molecule has 0 saturated carbocycles. The number of carbonyl (C=O) groups is 2. The third kappa shape index (κ3) is 5.34. The highest BCUT2D eigenvalue weighted by molar-refractivity contribution is 6.08. The van der Waals surface area contributed by atoms with Gasteiger partial charge in [-0.2, -0.15) is 0 Å². The van der Waals surface area contributed by atoms with Gasteiger partial charge in [-0.3, -0.25) is 14.9 Å². The lowest BCUT2D eigenvalue weighted by atomic mass is 10.0. The van der Waals surface area contributed by atoms with Crippen LogP contribution in [0.25, 0.3) is 0 Å². The van der Waals surface area contributed by atoms with Gasteiger partial charge in [-0.25, -0.2) is 4.99 Å². The average Bonchev–Trinajstić information content (AvgIpc) is 3.11. The number of hydrogen-bond donors (Lipinski definition) is 3. The number of amides is 2.